The molecule has 4 nitrogen and oxygen atoms in total. The van der Waals surface area contributed by atoms with Crippen LogP contribution in [0.3, 0.4) is 0 Å². The number of ether oxygens (including phenoxy) is 1. The van der Waals surface area contributed by atoms with Crippen LogP contribution in [0.5, 0.6) is 0 Å². The predicted octanol–water partition coefficient (Wildman–Crippen LogP) is 3.12. The van der Waals surface area contributed by atoms with Gasteiger partial charge in [0, 0.05) is 11.6 Å². The van der Waals surface area contributed by atoms with Crippen LogP contribution in [-0.2, 0) is 14.3 Å². The van der Waals surface area contributed by atoms with Gasteiger partial charge in [0.15, 0.2) is 0 Å². The summed E-state index contributed by atoms with van der Waals surface area (Å²) in [5.74, 6) is -0.747. The second-order valence-corrected chi connectivity index (χ2v) is 4.28. The Balaban J connectivity index is 0. The number of rotatable bonds is 9. The Hall–Kier alpha value is -1.58. The molecule has 110 valence electrons. The second-order valence-electron chi connectivity index (χ2n) is 4.28. The molecule has 0 saturated heterocycles. The molecule has 0 aliphatic carbocycles. The molecule has 0 atom stereocenters. The molecule has 0 aromatic carbocycles. The minimum Gasteiger partial charge on any atom is -0.463 e. The van der Waals surface area contributed by atoms with E-state index in [0.717, 1.165) is 12.8 Å². The summed E-state index contributed by atoms with van der Waals surface area (Å²) < 4.78 is 4.84. The summed E-state index contributed by atoms with van der Waals surface area (Å²) in [6.07, 6.45) is 8.47. The molecule has 4 heteroatoms. The third-order valence-corrected chi connectivity index (χ3v) is 2.33. The molecular formula is C15H27NO3. The normalized spacial score (nSPS) is 8.95. The Labute approximate surface area is 116 Å². The first kappa shape index (κ1) is 19.8. The fraction of sp³-hybridized carbons (Fsp3) is 0.600. The summed E-state index contributed by atoms with van der Waals surface area (Å²) in [7, 11) is 0. The van der Waals surface area contributed by atoms with Gasteiger partial charge in [0.25, 0.3) is 0 Å². The van der Waals surface area contributed by atoms with Crippen molar-refractivity contribution >= 4 is 11.9 Å². The van der Waals surface area contributed by atoms with Crippen LogP contribution in [0, 0.1) is 0 Å². The fourth-order valence-electron chi connectivity index (χ4n) is 1.11. The molecule has 0 bridgehead atoms. The molecule has 0 aromatic rings. The zero-order chi connectivity index (χ0) is 15.1. The van der Waals surface area contributed by atoms with Gasteiger partial charge in [-0.15, -0.1) is 0 Å². The summed E-state index contributed by atoms with van der Waals surface area (Å²) in [4.78, 5) is 20.4. The van der Waals surface area contributed by atoms with E-state index in [2.05, 4.69) is 20.1 Å². The van der Waals surface area contributed by atoms with Gasteiger partial charge < -0.3 is 10.5 Å². The number of carbonyl (C=O) groups is 2. The Kier molecular flexibility index (Phi) is 15.1. The van der Waals surface area contributed by atoms with E-state index in [4.69, 9.17) is 10.5 Å². The molecule has 19 heavy (non-hydrogen) atoms. The van der Waals surface area contributed by atoms with E-state index in [1.165, 1.54) is 31.8 Å². The quantitative estimate of drug-likeness (QED) is 0.397. The lowest BCUT2D eigenvalue weighted by Gasteiger charge is -2.01. The van der Waals surface area contributed by atoms with Crippen LogP contribution in [0.4, 0.5) is 0 Å². The first-order valence-electron chi connectivity index (χ1n) is 6.70. The smallest absolute Gasteiger partial charge is 0.330 e. The Morgan fingerprint density at radius 2 is 1.63 bits per heavy atom. The highest BCUT2D eigenvalue weighted by Gasteiger charge is 1.94. The average Bonchev–Trinajstić information content (AvgIpc) is 2.38. The van der Waals surface area contributed by atoms with E-state index in [0.29, 0.717) is 12.2 Å². The maximum atomic E-state index is 10.6. The molecule has 0 rings (SSSR count). The molecule has 0 aliphatic rings. The summed E-state index contributed by atoms with van der Waals surface area (Å²) in [5.41, 5.74) is 5.09. The van der Waals surface area contributed by atoms with Gasteiger partial charge in [-0.1, -0.05) is 52.2 Å². The van der Waals surface area contributed by atoms with Crippen LogP contribution in [0.2, 0.25) is 0 Å². The Morgan fingerprint density at radius 1 is 1.16 bits per heavy atom. The lowest BCUT2D eigenvalue weighted by Crippen LogP contribution is -2.10. The van der Waals surface area contributed by atoms with Gasteiger partial charge in [-0.25, -0.2) is 4.79 Å². The zero-order valence-corrected chi connectivity index (χ0v) is 12.2. The van der Waals surface area contributed by atoms with Gasteiger partial charge in [-0.3, -0.25) is 4.79 Å². The van der Waals surface area contributed by atoms with Crippen LogP contribution in [0.1, 0.15) is 52.4 Å². The Morgan fingerprint density at radius 3 is 2.05 bits per heavy atom. The molecule has 1 amide bonds. The van der Waals surface area contributed by atoms with Crippen LogP contribution >= 0.6 is 0 Å². The van der Waals surface area contributed by atoms with Gasteiger partial charge >= 0.3 is 5.97 Å². The monoisotopic (exact) mass is 269 g/mol. The van der Waals surface area contributed by atoms with E-state index in [9.17, 15) is 9.59 Å². The molecule has 0 radical (unpaired) electrons. The van der Waals surface area contributed by atoms with Crippen molar-refractivity contribution < 1.29 is 14.3 Å². The number of esters is 1. The van der Waals surface area contributed by atoms with Crippen molar-refractivity contribution in [1.29, 1.82) is 0 Å². The number of nitrogens with two attached hydrogens (primary N) is 1. The van der Waals surface area contributed by atoms with E-state index in [-0.39, 0.29) is 5.97 Å². The van der Waals surface area contributed by atoms with Crippen molar-refractivity contribution in [2.45, 2.75) is 52.4 Å². The van der Waals surface area contributed by atoms with Crippen molar-refractivity contribution in [2.24, 2.45) is 5.73 Å². The molecule has 0 aliphatic heterocycles. The molecular weight excluding hydrogens is 242 g/mol. The van der Waals surface area contributed by atoms with Crippen molar-refractivity contribution in [1.82, 2.24) is 0 Å². The first-order chi connectivity index (χ1) is 8.95. The molecule has 0 fully saturated rings. The molecule has 0 heterocycles. The second kappa shape index (κ2) is 14.5. The van der Waals surface area contributed by atoms with E-state index in [1.54, 1.807) is 6.92 Å². The third kappa shape index (κ3) is 19.0. The minimum atomic E-state index is -0.435. The summed E-state index contributed by atoms with van der Waals surface area (Å²) in [6.45, 7) is 10.9. The van der Waals surface area contributed by atoms with Crippen molar-refractivity contribution in [3.05, 3.63) is 24.8 Å². The third-order valence-electron chi connectivity index (χ3n) is 2.33. The molecule has 2 N–H and O–H groups in total. The highest BCUT2D eigenvalue weighted by molar-refractivity contribution is 5.90. The van der Waals surface area contributed by atoms with Gasteiger partial charge in [-0.05, 0) is 13.3 Å². The first-order valence-corrected chi connectivity index (χ1v) is 6.70. The largest absolute Gasteiger partial charge is 0.463 e. The maximum Gasteiger partial charge on any atom is 0.330 e. The van der Waals surface area contributed by atoms with Crippen molar-refractivity contribution in [3.63, 3.8) is 0 Å². The van der Waals surface area contributed by atoms with Crippen LogP contribution < -0.4 is 5.73 Å². The van der Waals surface area contributed by atoms with Crippen LogP contribution in [-0.4, -0.2) is 18.5 Å². The van der Waals surface area contributed by atoms with Crippen LogP contribution in [0.15, 0.2) is 24.8 Å². The van der Waals surface area contributed by atoms with Crippen molar-refractivity contribution in [3.8, 4) is 0 Å². The SMILES string of the molecule is C=C(C)C(N)=O.C=CC(=O)OCCCCCCCC. The van der Waals surface area contributed by atoms with E-state index in [1.807, 2.05) is 0 Å². The van der Waals surface area contributed by atoms with Crippen molar-refractivity contribution in [2.75, 3.05) is 6.61 Å². The molecule has 0 saturated carbocycles. The number of carbonyl (C=O) groups excluding carboxylic acids is 2. The number of hydrogen-bond donors (Lipinski definition) is 1. The molecule has 0 unspecified atom stereocenters. The highest BCUT2D eigenvalue weighted by atomic mass is 16.5. The average molecular weight is 269 g/mol. The summed E-state index contributed by atoms with van der Waals surface area (Å²) in [5, 5.41) is 0. The highest BCUT2D eigenvalue weighted by Crippen LogP contribution is 2.04. The molecule has 0 aromatic heterocycles. The standard InChI is InChI=1S/C11H20O2.C4H7NO/c1-3-5-6-7-8-9-10-13-11(12)4-2;1-3(2)4(5)6/h4H,2-3,5-10H2,1H3;1H2,2H3,(H2,5,6). The summed E-state index contributed by atoms with van der Waals surface area (Å²) >= 11 is 0. The lowest BCUT2D eigenvalue weighted by molar-refractivity contribution is -0.137. The minimum absolute atomic E-state index is 0.312. The topological polar surface area (TPSA) is 69.4 Å². The Bertz CT molecular complexity index is 273. The van der Waals surface area contributed by atoms with E-state index < -0.39 is 5.91 Å². The van der Waals surface area contributed by atoms with E-state index >= 15 is 0 Å². The number of primary amides is 1. The van der Waals surface area contributed by atoms with Gasteiger partial charge in [0.2, 0.25) is 5.91 Å². The predicted molar refractivity (Wildman–Crippen MR) is 78.5 cm³/mol. The summed E-state index contributed by atoms with van der Waals surface area (Å²) in [6, 6.07) is 0. The number of unbranched alkanes of at least 4 members (excludes halogenated alkanes) is 5. The lowest BCUT2D eigenvalue weighted by atomic mass is 10.1. The van der Waals surface area contributed by atoms with Gasteiger partial charge in [0.05, 0.1) is 6.61 Å². The fourth-order valence-corrected chi connectivity index (χ4v) is 1.11. The number of amides is 1. The van der Waals surface area contributed by atoms with Gasteiger partial charge in [0.1, 0.15) is 0 Å². The number of hydrogen-bond acceptors (Lipinski definition) is 3. The molecule has 0 spiro atoms. The maximum absolute atomic E-state index is 10.6. The zero-order valence-electron chi connectivity index (χ0n) is 12.2. The van der Waals surface area contributed by atoms with Gasteiger partial charge in [-0.2, -0.15) is 0 Å². The van der Waals surface area contributed by atoms with Crippen LogP contribution in [0.25, 0.3) is 0 Å².